The topological polar surface area (TPSA) is 34.9 Å². The van der Waals surface area contributed by atoms with E-state index in [1.165, 1.54) is 0 Å². The van der Waals surface area contributed by atoms with E-state index in [0.29, 0.717) is 0 Å². The van der Waals surface area contributed by atoms with Crippen molar-refractivity contribution in [1.82, 2.24) is 10.0 Å². The molecule has 0 saturated heterocycles. The molecule has 0 amide bonds. The minimum atomic E-state index is -0.709. The number of carbonyl (C=O) groups excluding carboxylic acids is 1. The van der Waals surface area contributed by atoms with Crippen LogP contribution in [0, 0.1) is 0 Å². The average molecular weight is 149 g/mol. The van der Waals surface area contributed by atoms with Crippen LogP contribution in [0.1, 0.15) is 10.4 Å². The molecule has 0 bridgehead atoms. The minimum Gasteiger partial charge on any atom is -0.275 e. The first-order chi connectivity index (χ1) is 4.20. The van der Waals surface area contributed by atoms with Gasteiger partial charge in [0.25, 0.3) is 5.24 Å². The molecule has 0 aliphatic heterocycles. The second kappa shape index (κ2) is 2.14. The fourth-order valence-electron chi connectivity index (χ4n) is 0.400. The summed E-state index contributed by atoms with van der Waals surface area (Å²) in [5.74, 6) is 0. The molecule has 48 valence electrons. The molecule has 3 nitrogen and oxygen atoms in total. The number of halogens is 2. The Kier molecular flexibility index (Phi) is 1.48. The highest BCUT2D eigenvalue weighted by molar-refractivity contribution is 6.67. The van der Waals surface area contributed by atoms with Gasteiger partial charge in [-0.05, 0) is 11.6 Å². The lowest BCUT2D eigenvalue weighted by Gasteiger charge is -1.76. The predicted molar refractivity (Wildman–Crippen MR) is 28.9 cm³/mol. The molecule has 5 heteroatoms. The van der Waals surface area contributed by atoms with E-state index in [0.717, 1.165) is 12.4 Å². The third kappa shape index (κ3) is 1.26. The first-order valence-electron chi connectivity index (χ1n) is 2.11. The fraction of sp³-hybridized carbons (Fsp3) is 0. The molecule has 0 atom stereocenters. The van der Waals surface area contributed by atoms with Crippen LogP contribution < -0.4 is 0 Å². The molecule has 9 heavy (non-hydrogen) atoms. The van der Waals surface area contributed by atoms with Crippen LogP contribution in [0.2, 0.25) is 0 Å². The van der Waals surface area contributed by atoms with Crippen molar-refractivity contribution >= 4 is 16.8 Å². The zero-order valence-corrected chi connectivity index (χ0v) is 4.97. The summed E-state index contributed by atoms with van der Waals surface area (Å²) in [7, 11) is 0. The fourth-order valence-corrected chi connectivity index (χ4v) is 0.498. The SMILES string of the molecule is O=C(Cl)c1cnn(F)c1. The number of hydrogen-bond donors (Lipinski definition) is 0. The van der Waals surface area contributed by atoms with Gasteiger partial charge in [-0.3, -0.25) is 4.79 Å². The highest BCUT2D eigenvalue weighted by atomic mass is 35.5. The third-order valence-electron chi connectivity index (χ3n) is 0.780. The maximum Gasteiger partial charge on any atom is 0.255 e. The van der Waals surface area contributed by atoms with Crippen molar-refractivity contribution < 1.29 is 9.28 Å². The zero-order chi connectivity index (χ0) is 6.85. The Labute approximate surface area is 55.0 Å². The van der Waals surface area contributed by atoms with E-state index in [9.17, 15) is 9.28 Å². The maximum atomic E-state index is 11.9. The summed E-state index contributed by atoms with van der Waals surface area (Å²) >= 11 is 4.96. The van der Waals surface area contributed by atoms with E-state index in [-0.39, 0.29) is 10.5 Å². The van der Waals surface area contributed by atoms with Crippen LogP contribution in [0.3, 0.4) is 0 Å². The van der Waals surface area contributed by atoms with Crippen LogP contribution in [0.25, 0.3) is 0 Å². The van der Waals surface area contributed by atoms with Crippen LogP contribution in [0.5, 0.6) is 0 Å². The molecule has 0 fully saturated rings. The lowest BCUT2D eigenvalue weighted by Crippen LogP contribution is -1.82. The lowest BCUT2D eigenvalue weighted by molar-refractivity contribution is 0.108. The Bertz CT molecular complexity index is 234. The van der Waals surface area contributed by atoms with Crippen molar-refractivity contribution in [3.63, 3.8) is 0 Å². The predicted octanol–water partition coefficient (Wildman–Crippen LogP) is 0.995. The molecule has 0 spiro atoms. The van der Waals surface area contributed by atoms with Crippen molar-refractivity contribution in [2.75, 3.05) is 0 Å². The number of hydrogen-bond acceptors (Lipinski definition) is 2. The van der Waals surface area contributed by atoms with Crippen molar-refractivity contribution in [2.24, 2.45) is 0 Å². The molecular formula is C4H2ClFN2O. The zero-order valence-electron chi connectivity index (χ0n) is 4.21. The van der Waals surface area contributed by atoms with Gasteiger partial charge in [0.05, 0.1) is 18.0 Å². The van der Waals surface area contributed by atoms with Gasteiger partial charge in [0.1, 0.15) is 0 Å². The molecule has 0 saturated carbocycles. The number of rotatable bonds is 1. The maximum absolute atomic E-state index is 11.9. The summed E-state index contributed by atoms with van der Waals surface area (Å²) in [6.45, 7) is 0. The van der Waals surface area contributed by atoms with Crippen molar-refractivity contribution in [2.45, 2.75) is 0 Å². The standard InChI is InChI=1S/C4H2ClFN2O/c5-4(9)3-1-7-8(6)2-3/h1-2H. The van der Waals surface area contributed by atoms with Gasteiger partial charge in [0.2, 0.25) is 0 Å². The van der Waals surface area contributed by atoms with Gasteiger partial charge in [-0.25, -0.2) is 0 Å². The highest BCUT2D eigenvalue weighted by Crippen LogP contribution is 2.00. The van der Waals surface area contributed by atoms with Crippen LogP contribution >= 0.6 is 11.6 Å². The molecule has 0 radical (unpaired) electrons. The van der Waals surface area contributed by atoms with E-state index in [2.05, 4.69) is 5.10 Å². The first-order valence-corrected chi connectivity index (χ1v) is 2.48. The van der Waals surface area contributed by atoms with Crippen molar-refractivity contribution in [3.8, 4) is 0 Å². The molecule has 1 aromatic rings. The normalized spacial score (nSPS) is 9.56. The molecule has 1 aromatic heterocycles. The Morgan fingerprint density at radius 1 is 1.89 bits per heavy atom. The Morgan fingerprint density at radius 2 is 2.56 bits per heavy atom. The summed E-state index contributed by atoms with van der Waals surface area (Å²) in [5, 5.41) is 2.37. The Hall–Kier alpha value is -0.900. The summed E-state index contributed by atoms with van der Waals surface area (Å²) in [5.41, 5.74) is 0.0548. The summed E-state index contributed by atoms with van der Waals surface area (Å²) in [6.07, 6.45) is 1.95. The Balaban J connectivity index is 2.98. The van der Waals surface area contributed by atoms with Gasteiger partial charge >= 0.3 is 0 Å². The number of nitrogens with zero attached hydrogens (tertiary/aromatic N) is 2. The minimum absolute atomic E-state index is 0.0234. The summed E-state index contributed by atoms with van der Waals surface area (Å²) in [4.78, 5) is 10.2. The molecular weight excluding hydrogens is 147 g/mol. The van der Waals surface area contributed by atoms with Crippen molar-refractivity contribution in [1.29, 1.82) is 0 Å². The first kappa shape index (κ1) is 6.22. The van der Waals surface area contributed by atoms with Crippen LogP contribution in [-0.4, -0.2) is 15.2 Å². The van der Waals surface area contributed by atoms with Crippen LogP contribution in [0.4, 0.5) is 4.48 Å². The molecule has 0 aromatic carbocycles. The van der Waals surface area contributed by atoms with Gasteiger partial charge < -0.3 is 0 Å². The van der Waals surface area contributed by atoms with E-state index < -0.39 is 5.24 Å². The summed E-state index contributed by atoms with van der Waals surface area (Å²) in [6, 6.07) is 0. The van der Waals surface area contributed by atoms with Gasteiger partial charge in [0.15, 0.2) is 0 Å². The second-order valence-electron chi connectivity index (χ2n) is 1.39. The Morgan fingerprint density at radius 3 is 2.78 bits per heavy atom. The molecule has 0 aliphatic rings. The molecule has 0 N–H and O–H groups in total. The number of aromatic nitrogens is 2. The lowest BCUT2D eigenvalue weighted by atomic mass is 10.4. The second-order valence-corrected chi connectivity index (χ2v) is 1.73. The van der Waals surface area contributed by atoms with Gasteiger partial charge in [-0.1, -0.05) is 4.48 Å². The van der Waals surface area contributed by atoms with Gasteiger partial charge in [0, 0.05) is 0 Å². The highest BCUT2D eigenvalue weighted by Gasteiger charge is 2.03. The largest absolute Gasteiger partial charge is 0.275 e. The van der Waals surface area contributed by atoms with Crippen LogP contribution in [0.15, 0.2) is 12.4 Å². The van der Waals surface area contributed by atoms with Crippen molar-refractivity contribution in [3.05, 3.63) is 18.0 Å². The smallest absolute Gasteiger partial charge is 0.255 e. The number of carbonyl (C=O) groups is 1. The van der Waals surface area contributed by atoms with E-state index >= 15 is 0 Å². The average Bonchev–Trinajstić information content (AvgIpc) is 2.14. The van der Waals surface area contributed by atoms with E-state index in [1.807, 2.05) is 0 Å². The quantitative estimate of drug-likeness (QED) is 0.557. The van der Waals surface area contributed by atoms with E-state index in [1.54, 1.807) is 0 Å². The molecule has 0 aliphatic carbocycles. The van der Waals surface area contributed by atoms with E-state index in [4.69, 9.17) is 11.6 Å². The molecule has 1 rings (SSSR count). The molecule has 1 heterocycles. The monoisotopic (exact) mass is 148 g/mol. The van der Waals surface area contributed by atoms with Crippen LogP contribution in [-0.2, 0) is 0 Å². The van der Waals surface area contributed by atoms with Gasteiger partial charge in [-0.15, -0.1) is 4.90 Å². The van der Waals surface area contributed by atoms with Gasteiger partial charge in [-0.2, -0.15) is 5.10 Å². The third-order valence-corrected chi connectivity index (χ3v) is 0.998. The summed E-state index contributed by atoms with van der Waals surface area (Å²) < 4.78 is 11.9. The molecule has 0 unspecified atom stereocenters.